The van der Waals surface area contributed by atoms with Gasteiger partial charge < -0.3 is 5.11 Å². The Labute approximate surface area is 118 Å². The molecule has 3 atom stereocenters. The van der Waals surface area contributed by atoms with Crippen molar-refractivity contribution in [1.82, 2.24) is 0 Å². The quantitative estimate of drug-likeness (QED) is 0.783. The molecule has 3 nitrogen and oxygen atoms in total. The molecule has 0 saturated heterocycles. The van der Waals surface area contributed by atoms with E-state index in [9.17, 15) is 13.5 Å². The van der Waals surface area contributed by atoms with Crippen LogP contribution in [0.5, 0.6) is 0 Å². The van der Waals surface area contributed by atoms with E-state index in [4.69, 9.17) is 0 Å². The van der Waals surface area contributed by atoms with Crippen molar-refractivity contribution < 1.29 is 13.5 Å². The van der Waals surface area contributed by atoms with E-state index in [1.807, 2.05) is 0 Å². The Morgan fingerprint density at radius 1 is 1.16 bits per heavy atom. The van der Waals surface area contributed by atoms with Gasteiger partial charge in [-0.25, -0.2) is 8.42 Å². The maximum Gasteiger partial charge on any atom is 0.150 e. The number of aliphatic hydroxyl groups excluding tert-OH is 1. The average Bonchev–Trinajstić information content (AvgIpc) is 2.37. The number of sulfone groups is 1. The SMILES string of the molecule is CCCC(CCC)C(O)C1CCCC(S(C)(=O)=O)C1. The Bertz CT molecular complexity index is 344. The van der Waals surface area contributed by atoms with Gasteiger partial charge in [0.05, 0.1) is 11.4 Å². The van der Waals surface area contributed by atoms with E-state index in [1.54, 1.807) is 0 Å². The zero-order chi connectivity index (χ0) is 14.5. The van der Waals surface area contributed by atoms with Gasteiger partial charge >= 0.3 is 0 Å². The highest BCUT2D eigenvalue weighted by atomic mass is 32.2. The first-order valence-electron chi connectivity index (χ1n) is 7.77. The predicted octanol–water partition coefficient (Wildman–Crippen LogP) is 3.17. The van der Waals surface area contributed by atoms with Crippen molar-refractivity contribution in [3.8, 4) is 0 Å². The molecule has 0 bridgehead atoms. The van der Waals surface area contributed by atoms with Gasteiger partial charge in [-0.1, -0.05) is 33.1 Å². The summed E-state index contributed by atoms with van der Waals surface area (Å²) >= 11 is 0. The third-order valence-electron chi connectivity index (χ3n) is 4.56. The lowest BCUT2D eigenvalue weighted by atomic mass is 9.77. The van der Waals surface area contributed by atoms with E-state index in [2.05, 4.69) is 13.8 Å². The van der Waals surface area contributed by atoms with Gasteiger partial charge in [-0.2, -0.15) is 0 Å². The molecule has 0 aliphatic heterocycles. The summed E-state index contributed by atoms with van der Waals surface area (Å²) < 4.78 is 23.4. The molecular formula is C15H30O3S. The van der Waals surface area contributed by atoms with Crippen molar-refractivity contribution in [2.45, 2.75) is 76.6 Å². The number of rotatable bonds is 7. The van der Waals surface area contributed by atoms with Gasteiger partial charge in [0, 0.05) is 6.26 Å². The molecule has 114 valence electrons. The Kier molecular flexibility index (Phi) is 6.81. The van der Waals surface area contributed by atoms with Crippen LogP contribution in [0, 0.1) is 11.8 Å². The fourth-order valence-corrected chi connectivity index (χ4v) is 4.68. The molecule has 0 aromatic rings. The summed E-state index contributed by atoms with van der Waals surface area (Å²) in [5.74, 6) is 0.523. The third-order valence-corrected chi connectivity index (χ3v) is 6.20. The molecule has 1 rings (SSSR count). The van der Waals surface area contributed by atoms with Gasteiger partial charge in [0.1, 0.15) is 9.84 Å². The number of hydrogen-bond acceptors (Lipinski definition) is 3. The van der Waals surface area contributed by atoms with E-state index < -0.39 is 9.84 Å². The van der Waals surface area contributed by atoms with Crippen LogP contribution in [0.25, 0.3) is 0 Å². The van der Waals surface area contributed by atoms with E-state index in [0.29, 0.717) is 12.3 Å². The number of hydrogen-bond donors (Lipinski definition) is 1. The lowest BCUT2D eigenvalue weighted by Crippen LogP contribution is -2.36. The minimum Gasteiger partial charge on any atom is -0.393 e. The highest BCUT2D eigenvalue weighted by molar-refractivity contribution is 7.91. The van der Waals surface area contributed by atoms with Crippen molar-refractivity contribution in [3.63, 3.8) is 0 Å². The van der Waals surface area contributed by atoms with Crippen molar-refractivity contribution >= 4 is 9.84 Å². The molecule has 1 fully saturated rings. The lowest BCUT2D eigenvalue weighted by molar-refractivity contribution is 0.0264. The number of aliphatic hydroxyl groups is 1. The molecule has 1 N–H and O–H groups in total. The van der Waals surface area contributed by atoms with Crippen molar-refractivity contribution in [1.29, 1.82) is 0 Å². The smallest absolute Gasteiger partial charge is 0.150 e. The molecule has 4 heteroatoms. The molecule has 19 heavy (non-hydrogen) atoms. The molecule has 1 aliphatic rings. The molecule has 0 aromatic heterocycles. The Morgan fingerprint density at radius 2 is 1.74 bits per heavy atom. The third kappa shape index (κ3) is 5.07. The first-order valence-corrected chi connectivity index (χ1v) is 9.72. The second-order valence-electron chi connectivity index (χ2n) is 6.21. The first-order chi connectivity index (χ1) is 8.90. The van der Waals surface area contributed by atoms with Crippen LogP contribution in [0.4, 0.5) is 0 Å². The maximum absolute atomic E-state index is 11.7. The molecule has 0 amide bonds. The topological polar surface area (TPSA) is 54.4 Å². The zero-order valence-electron chi connectivity index (χ0n) is 12.6. The van der Waals surface area contributed by atoms with E-state index >= 15 is 0 Å². The first kappa shape index (κ1) is 17.0. The van der Waals surface area contributed by atoms with Crippen molar-refractivity contribution in [3.05, 3.63) is 0 Å². The van der Waals surface area contributed by atoms with Crippen LogP contribution in [-0.4, -0.2) is 31.1 Å². The minimum absolute atomic E-state index is 0.177. The highest BCUT2D eigenvalue weighted by Crippen LogP contribution is 2.35. The van der Waals surface area contributed by atoms with Gasteiger partial charge in [0.25, 0.3) is 0 Å². The maximum atomic E-state index is 11.7. The van der Waals surface area contributed by atoms with Crippen LogP contribution in [0.1, 0.15) is 65.2 Å². The summed E-state index contributed by atoms with van der Waals surface area (Å²) in [7, 11) is -2.95. The van der Waals surface area contributed by atoms with Gasteiger partial charge in [-0.05, 0) is 43.9 Å². The second kappa shape index (κ2) is 7.63. The standard InChI is InChI=1S/C15H30O3S/c1-4-7-12(8-5-2)15(16)13-9-6-10-14(11-13)19(3,17)18/h12-16H,4-11H2,1-3H3. The molecule has 1 aliphatic carbocycles. The van der Waals surface area contributed by atoms with Crippen LogP contribution in [0.3, 0.4) is 0 Å². The summed E-state index contributed by atoms with van der Waals surface area (Å²) in [5.41, 5.74) is 0. The van der Waals surface area contributed by atoms with Crippen LogP contribution in [0.2, 0.25) is 0 Å². The van der Waals surface area contributed by atoms with Crippen molar-refractivity contribution in [2.24, 2.45) is 11.8 Å². The van der Waals surface area contributed by atoms with Gasteiger partial charge in [0.2, 0.25) is 0 Å². The molecule has 0 heterocycles. The van der Waals surface area contributed by atoms with Gasteiger partial charge in [-0.3, -0.25) is 0 Å². The Hall–Kier alpha value is -0.0900. The Morgan fingerprint density at radius 3 is 2.21 bits per heavy atom. The lowest BCUT2D eigenvalue weighted by Gasteiger charge is -2.35. The molecule has 0 aromatic carbocycles. The van der Waals surface area contributed by atoms with E-state index in [0.717, 1.165) is 44.9 Å². The second-order valence-corrected chi connectivity index (χ2v) is 8.53. The summed E-state index contributed by atoms with van der Waals surface area (Å²) in [6.45, 7) is 4.30. The normalized spacial score (nSPS) is 26.6. The predicted molar refractivity (Wildman–Crippen MR) is 79.9 cm³/mol. The Balaban J connectivity index is 2.66. The van der Waals surface area contributed by atoms with Crippen LogP contribution in [-0.2, 0) is 9.84 Å². The van der Waals surface area contributed by atoms with Gasteiger partial charge in [0.15, 0.2) is 0 Å². The highest BCUT2D eigenvalue weighted by Gasteiger charge is 2.34. The van der Waals surface area contributed by atoms with E-state index in [1.165, 1.54) is 6.26 Å². The van der Waals surface area contributed by atoms with Crippen molar-refractivity contribution in [2.75, 3.05) is 6.26 Å². The average molecular weight is 290 g/mol. The van der Waals surface area contributed by atoms with Crippen LogP contribution >= 0.6 is 0 Å². The molecule has 1 saturated carbocycles. The fourth-order valence-electron chi connectivity index (χ4n) is 3.49. The minimum atomic E-state index is -2.95. The molecule has 0 radical (unpaired) electrons. The summed E-state index contributed by atoms with van der Waals surface area (Å²) in [4.78, 5) is 0. The molecular weight excluding hydrogens is 260 g/mol. The fraction of sp³-hybridized carbons (Fsp3) is 1.00. The largest absolute Gasteiger partial charge is 0.393 e. The summed E-state index contributed by atoms with van der Waals surface area (Å²) in [6.07, 6.45) is 8.64. The molecule has 3 unspecified atom stereocenters. The summed E-state index contributed by atoms with van der Waals surface area (Å²) in [6, 6.07) is 0. The van der Waals surface area contributed by atoms with Crippen LogP contribution < -0.4 is 0 Å². The van der Waals surface area contributed by atoms with Gasteiger partial charge in [-0.15, -0.1) is 0 Å². The monoisotopic (exact) mass is 290 g/mol. The summed E-state index contributed by atoms with van der Waals surface area (Å²) in [5, 5.41) is 10.4. The van der Waals surface area contributed by atoms with E-state index in [-0.39, 0.29) is 17.3 Å². The zero-order valence-corrected chi connectivity index (χ0v) is 13.5. The van der Waals surface area contributed by atoms with Crippen LogP contribution in [0.15, 0.2) is 0 Å². The molecule has 0 spiro atoms.